The van der Waals surface area contributed by atoms with Gasteiger partial charge in [-0.2, -0.15) is 0 Å². The summed E-state index contributed by atoms with van der Waals surface area (Å²) in [5, 5.41) is 0. The van der Waals surface area contributed by atoms with Gasteiger partial charge in [0.15, 0.2) is 0 Å². The zero-order chi connectivity index (χ0) is 23.2. The smallest absolute Gasteiger partial charge is 0.150 e. The highest BCUT2D eigenvalue weighted by Crippen LogP contribution is 2.21. The van der Waals surface area contributed by atoms with Gasteiger partial charge < -0.3 is 4.74 Å². The maximum Gasteiger partial charge on any atom is 0.150 e. The van der Waals surface area contributed by atoms with Crippen LogP contribution in [0, 0.1) is 5.92 Å². The fourth-order valence-corrected chi connectivity index (χ4v) is 3.51. The maximum absolute atomic E-state index is 10.6. The van der Waals surface area contributed by atoms with Gasteiger partial charge >= 0.3 is 0 Å². The van der Waals surface area contributed by atoms with Crippen molar-refractivity contribution >= 4 is 6.29 Å². The Hall–Kier alpha value is -2.87. The highest BCUT2D eigenvalue weighted by Gasteiger charge is 2.01. The lowest BCUT2D eigenvalue weighted by Gasteiger charge is -2.08. The molecule has 0 aliphatic carbocycles. The Balaban J connectivity index is 0.000000244. The SMILES string of the molecule is CCC(C)Cc1ccc(OC)cc1.CCCCCc1ccc(-c2ccc(C=O)cc2)cc1. The molecule has 32 heavy (non-hydrogen) atoms. The van der Waals surface area contributed by atoms with Crippen molar-refractivity contribution < 1.29 is 9.53 Å². The normalized spacial score (nSPS) is 11.2. The second-order valence-corrected chi connectivity index (χ2v) is 8.46. The van der Waals surface area contributed by atoms with E-state index in [1.54, 1.807) is 7.11 Å². The predicted molar refractivity (Wildman–Crippen MR) is 137 cm³/mol. The molecule has 0 radical (unpaired) electrons. The van der Waals surface area contributed by atoms with E-state index in [4.69, 9.17) is 4.74 Å². The first-order valence-electron chi connectivity index (χ1n) is 11.9. The molecule has 1 unspecified atom stereocenters. The van der Waals surface area contributed by atoms with E-state index in [-0.39, 0.29) is 0 Å². The number of benzene rings is 3. The number of carbonyl (C=O) groups is 1. The van der Waals surface area contributed by atoms with Gasteiger partial charge in [-0.05, 0) is 59.6 Å². The van der Waals surface area contributed by atoms with Crippen molar-refractivity contribution in [3.05, 3.63) is 89.5 Å². The lowest BCUT2D eigenvalue weighted by atomic mass is 9.99. The number of methoxy groups -OCH3 is 1. The lowest BCUT2D eigenvalue weighted by molar-refractivity contribution is 0.112. The van der Waals surface area contributed by atoms with Crippen LogP contribution in [0.3, 0.4) is 0 Å². The van der Waals surface area contributed by atoms with Gasteiger partial charge in [0.2, 0.25) is 0 Å². The van der Waals surface area contributed by atoms with Gasteiger partial charge in [-0.15, -0.1) is 0 Å². The number of hydrogen-bond acceptors (Lipinski definition) is 2. The molecule has 0 bridgehead atoms. The Morgan fingerprint density at radius 1 is 0.781 bits per heavy atom. The highest BCUT2D eigenvalue weighted by atomic mass is 16.5. The molecule has 0 aliphatic heterocycles. The molecule has 0 saturated heterocycles. The summed E-state index contributed by atoms with van der Waals surface area (Å²) in [6, 6.07) is 24.8. The standard InChI is InChI=1S/C18H20O.C12H18O/c1-2-3-4-5-15-6-10-17(11-7-15)18-12-8-16(14-19)9-13-18;1-4-10(2)9-11-5-7-12(13-3)8-6-11/h6-14H,2-5H2,1H3;5-8,10H,4,9H2,1-3H3. The molecule has 0 N–H and O–H groups in total. The van der Waals surface area contributed by atoms with Crippen molar-refractivity contribution in [2.75, 3.05) is 7.11 Å². The van der Waals surface area contributed by atoms with Crippen molar-refractivity contribution in [2.24, 2.45) is 5.92 Å². The van der Waals surface area contributed by atoms with Gasteiger partial charge in [-0.3, -0.25) is 4.79 Å². The largest absolute Gasteiger partial charge is 0.497 e. The summed E-state index contributed by atoms with van der Waals surface area (Å²) in [5.41, 5.74) is 5.89. The van der Waals surface area contributed by atoms with Crippen LogP contribution >= 0.6 is 0 Å². The Morgan fingerprint density at radius 3 is 1.84 bits per heavy atom. The van der Waals surface area contributed by atoms with Gasteiger partial charge in [-0.25, -0.2) is 0 Å². The van der Waals surface area contributed by atoms with E-state index in [2.05, 4.69) is 57.2 Å². The molecule has 0 spiro atoms. The van der Waals surface area contributed by atoms with E-state index in [1.165, 1.54) is 48.8 Å². The number of carbonyl (C=O) groups excluding carboxylic acids is 1. The second-order valence-electron chi connectivity index (χ2n) is 8.46. The van der Waals surface area contributed by atoms with Crippen LogP contribution in [0.1, 0.15) is 67.9 Å². The Labute approximate surface area is 194 Å². The predicted octanol–water partition coefficient (Wildman–Crippen LogP) is 8.18. The van der Waals surface area contributed by atoms with Gasteiger partial charge in [0.05, 0.1) is 7.11 Å². The van der Waals surface area contributed by atoms with Gasteiger partial charge in [0.1, 0.15) is 12.0 Å². The average Bonchev–Trinajstić information content (AvgIpc) is 2.85. The summed E-state index contributed by atoms with van der Waals surface area (Å²) >= 11 is 0. The first-order chi connectivity index (χ1) is 15.6. The molecule has 2 nitrogen and oxygen atoms in total. The molecule has 0 aliphatic rings. The van der Waals surface area contributed by atoms with Crippen LogP contribution in [-0.4, -0.2) is 13.4 Å². The number of aldehydes is 1. The molecule has 2 heteroatoms. The first-order valence-corrected chi connectivity index (χ1v) is 11.9. The number of hydrogen-bond donors (Lipinski definition) is 0. The summed E-state index contributed by atoms with van der Waals surface area (Å²) < 4.78 is 5.10. The minimum absolute atomic E-state index is 0.722. The topological polar surface area (TPSA) is 26.3 Å². The zero-order valence-electron chi connectivity index (χ0n) is 20.1. The van der Waals surface area contributed by atoms with E-state index in [0.29, 0.717) is 0 Å². The van der Waals surface area contributed by atoms with Gasteiger partial charge in [0, 0.05) is 5.56 Å². The second kappa shape index (κ2) is 14.2. The van der Waals surface area contributed by atoms with Crippen molar-refractivity contribution in [3.8, 4) is 16.9 Å². The molecule has 3 aromatic rings. The van der Waals surface area contributed by atoms with Crippen LogP contribution in [0.4, 0.5) is 0 Å². The third-order valence-corrected chi connectivity index (χ3v) is 5.84. The summed E-state index contributed by atoms with van der Waals surface area (Å²) in [7, 11) is 1.70. The van der Waals surface area contributed by atoms with E-state index in [0.717, 1.165) is 35.5 Å². The minimum atomic E-state index is 0.722. The van der Waals surface area contributed by atoms with Crippen LogP contribution in [0.5, 0.6) is 5.75 Å². The number of ether oxygens (including phenoxy) is 1. The summed E-state index contributed by atoms with van der Waals surface area (Å²) in [6.07, 6.45) is 8.28. The van der Waals surface area contributed by atoms with E-state index in [9.17, 15) is 4.79 Å². The number of aryl methyl sites for hydroxylation is 1. The van der Waals surface area contributed by atoms with Crippen molar-refractivity contribution in [3.63, 3.8) is 0 Å². The van der Waals surface area contributed by atoms with E-state index in [1.807, 2.05) is 36.4 Å². The van der Waals surface area contributed by atoms with Crippen molar-refractivity contribution in [1.82, 2.24) is 0 Å². The molecule has 1 atom stereocenters. The molecular weight excluding hydrogens is 392 g/mol. The average molecular weight is 431 g/mol. The Bertz CT molecular complexity index is 893. The quantitative estimate of drug-likeness (QED) is 0.239. The van der Waals surface area contributed by atoms with Crippen LogP contribution < -0.4 is 4.74 Å². The summed E-state index contributed by atoms with van der Waals surface area (Å²) in [6.45, 7) is 6.74. The van der Waals surface area contributed by atoms with Gasteiger partial charge in [0.25, 0.3) is 0 Å². The van der Waals surface area contributed by atoms with Crippen LogP contribution in [0.2, 0.25) is 0 Å². The third kappa shape index (κ3) is 8.70. The molecule has 0 fully saturated rings. The molecule has 0 aromatic heterocycles. The summed E-state index contributed by atoms with van der Waals surface area (Å²) in [5.74, 6) is 1.71. The van der Waals surface area contributed by atoms with E-state index >= 15 is 0 Å². The fraction of sp³-hybridized carbons (Fsp3) is 0.367. The first kappa shape index (κ1) is 25.4. The third-order valence-electron chi connectivity index (χ3n) is 5.84. The highest BCUT2D eigenvalue weighted by molar-refractivity contribution is 5.76. The zero-order valence-corrected chi connectivity index (χ0v) is 20.1. The molecule has 3 aromatic carbocycles. The lowest BCUT2D eigenvalue weighted by Crippen LogP contribution is -1.97. The Kier molecular flexibility index (Phi) is 11.3. The van der Waals surface area contributed by atoms with Gasteiger partial charge in [-0.1, -0.05) is 101 Å². The number of unbranched alkanes of at least 4 members (excludes halogenated alkanes) is 2. The summed E-state index contributed by atoms with van der Waals surface area (Å²) in [4.78, 5) is 10.6. The molecule has 0 saturated carbocycles. The fourth-order valence-electron chi connectivity index (χ4n) is 3.51. The van der Waals surface area contributed by atoms with Crippen LogP contribution in [-0.2, 0) is 12.8 Å². The van der Waals surface area contributed by atoms with Crippen LogP contribution in [0.25, 0.3) is 11.1 Å². The molecule has 170 valence electrons. The molecule has 3 rings (SSSR count). The maximum atomic E-state index is 10.6. The number of rotatable bonds is 10. The Morgan fingerprint density at radius 2 is 1.34 bits per heavy atom. The van der Waals surface area contributed by atoms with E-state index < -0.39 is 0 Å². The molecule has 0 amide bonds. The molecular formula is C30H38O2. The van der Waals surface area contributed by atoms with Crippen molar-refractivity contribution in [1.29, 1.82) is 0 Å². The molecule has 0 heterocycles. The van der Waals surface area contributed by atoms with Crippen LogP contribution in [0.15, 0.2) is 72.8 Å². The monoisotopic (exact) mass is 430 g/mol. The van der Waals surface area contributed by atoms with Crippen molar-refractivity contribution in [2.45, 2.75) is 59.3 Å². The minimum Gasteiger partial charge on any atom is -0.497 e.